The fourth-order valence-electron chi connectivity index (χ4n) is 1.50. The van der Waals surface area contributed by atoms with E-state index in [4.69, 9.17) is 44.3 Å². The maximum atomic E-state index is 6.06. The molecule has 0 fully saturated rings. The number of methoxy groups -OCH3 is 1. The van der Waals surface area contributed by atoms with Gasteiger partial charge < -0.3 is 9.47 Å². The van der Waals surface area contributed by atoms with E-state index < -0.39 is 0 Å². The Bertz CT molecular complexity index is 585. The molecule has 1 aromatic carbocycles. The summed E-state index contributed by atoms with van der Waals surface area (Å²) in [4.78, 5) is 8.18. The first-order chi connectivity index (χ1) is 9.63. The maximum Gasteiger partial charge on any atom is 0.201 e. The van der Waals surface area contributed by atoms with E-state index in [1.165, 1.54) is 0 Å². The Labute approximate surface area is 131 Å². The smallest absolute Gasteiger partial charge is 0.201 e. The van der Waals surface area contributed by atoms with Crippen molar-refractivity contribution in [3.8, 4) is 17.2 Å². The van der Waals surface area contributed by atoms with Crippen LogP contribution in [0.2, 0.25) is 10.3 Å². The summed E-state index contributed by atoms with van der Waals surface area (Å²) in [7, 11) is 1.57. The molecule has 1 aromatic heterocycles. The lowest BCUT2D eigenvalue weighted by Crippen LogP contribution is -2.00. The lowest BCUT2D eigenvalue weighted by atomic mass is 10.3. The van der Waals surface area contributed by atoms with Crippen molar-refractivity contribution in [2.45, 2.75) is 6.42 Å². The van der Waals surface area contributed by atoms with Crippen LogP contribution in [0, 0.1) is 0 Å². The number of alkyl halides is 1. The van der Waals surface area contributed by atoms with Gasteiger partial charge in [0.05, 0.1) is 7.11 Å². The van der Waals surface area contributed by atoms with Gasteiger partial charge in [-0.1, -0.05) is 29.3 Å². The Hall–Kier alpha value is -1.23. The summed E-state index contributed by atoms with van der Waals surface area (Å²) in [5, 5.41) is 0.292. The molecule has 4 nitrogen and oxygen atoms in total. The van der Waals surface area contributed by atoms with E-state index in [2.05, 4.69) is 9.97 Å². The summed E-state index contributed by atoms with van der Waals surface area (Å²) in [6.45, 7) is 0. The molecule has 0 saturated heterocycles. The van der Waals surface area contributed by atoms with Gasteiger partial charge in [-0.25, -0.2) is 9.97 Å². The third kappa shape index (κ3) is 3.66. The van der Waals surface area contributed by atoms with Gasteiger partial charge in [-0.2, -0.15) is 0 Å². The number of ether oxygens (including phenoxy) is 2. The molecule has 1 heterocycles. The second kappa shape index (κ2) is 6.97. The minimum absolute atomic E-state index is 0.146. The Kier molecular flexibility index (Phi) is 5.29. The number of rotatable bonds is 5. The van der Waals surface area contributed by atoms with Crippen molar-refractivity contribution in [3.05, 3.63) is 40.4 Å². The molecule has 0 unspecified atom stereocenters. The van der Waals surface area contributed by atoms with E-state index in [0.29, 0.717) is 29.6 Å². The third-order valence-corrected chi connectivity index (χ3v) is 3.11. The molecular formula is C13H11Cl3N2O2. The lowest BCUT2D eigenvalue weighted by molar-refractivity contribution is 0.408. The summed E-state index contributed by atoms with van der Waals surface area (Å²) in [5.74, 6) is 2.27. The Morgan fingerprint density at radius 1 is 1.10 bits per heavy atom. The SMILES string of the molecule is COc1cccc(Oc2c(Cl)nc(CCCl)nc2Cl)c1. The molecular weight excluding hydrogens is 323 g/mol. The van der Waals surface area contributed by atoms with E-state index in [0.717, 1.165) is 0 Å². The Morgan fingerprint density at radius 3 is 2.35 bits per heavy atom. The van der Waals surface area contributed by atoms with Crippen molar-refractivity contribution < 1.29 is 9.47 Å². The van der Waals surface area contributed by atoms with Gasteiger partial charge in [-0.3, -0.25) is 0 Å². The first-order valence-corrected chi connectivity index (χ1v) is 7.03. The molecule has 0 saturated carbocycles. The van der Waals surface area contributed by atoms with Crippen LogP contribution in [0.3, 0.4) is 0 Å². The summed E-state index contributed by atoms with van der Waals surface area (Å²) in [6, 6.07) is 7.05. The highest BCUT2D eigenvalue weighted by Gasteiger charge is 2.14. The minimum atomic E-state index is 0.146. The molecule has 106 valence electrons. The van der Waals surface area contributed by atoms with Crippen LogP contribution >= 0.6 is 34.8 Å². The van der Waals surface area contributed by atoms with Crippen LogP contribution in [0.1, 0.15) is 5.82 Å². The molecule has 2 aromatic rings. The van der Waals surface area contributed by atoms with Gasteiger partial charge in [-0.15, -0.1) is 11.6 Å². The van der Waals surface area contributed by atoms with E-state index >= 15 is 0 Å². The predicted octanol–water partition coefficient (Wildman–Crippen LogP) is 4.37. The molecule has 0 aliphatic heterocycles. The lowest BCUT2D eigenvalue weighted by Gasteiger charge is -2.10. The molecule has 20 heavy (non-hydrogen) atoms. The summed E-state index contributed by atoms with van der Waals surface area (Å²) < 4.78 is 10.7. The quantitative estimate of drug-likeness (QED) is 0.602. The standard InChI is InChI=1S/C13H11Cl3N2O2/c1-19-8-3-2-4-9(7-8)20-11-12(15)17-10(5-6-14)18-13(11)16/h2-4,7H,5-6H2,1H3. The van der Waals surface area contributed by atoms with E-state index in [9.17, 15) is 0 Å². The van der Waals surface area contributed by atoms with Gasteiger partial charge in [0.2, 0.25) is 5.75 Å². The third-order valence-electron chi connectivity index (χ3n) is 2.41. The number of hydrogen-bond acceptors (Lipinski definition) is 4. The van der Waals surface area contributed by atoms with Crippen molar-refractivity contribution in [3.63, 3.8) is 0 Å². The molecule has 7 heteroatoms. The second-order valence-electron chi connectivity index (χ2n) is 3.77. The second-order valence-corrected chi connectivity index (χ2v) is 4.86. The molecule has 0 N–H and O–H groups in total. The molecule has 0 spiro atoms. The molecule has 0 radical (unpaired) electrons. The molecule has 0 aliphatic rings. The average Bonchev–Trinajstić information content (AvgIpc) is 2.43. The number of benzene rings is 1. The van der Waals surface area contributed by atoms with Gasteiger partial charge in [0.15, 0.2) is 10.3 Å². The van der Waals surface area contributed by atoms with Crippen LogP contribution in [0.4, 0.5) is 0 Å². The van der Waals surface area contributed by atoms with Crippen molar-refractivity contribution in [1.82, 2.24) is 9.97 Å². The van der Waals surface area contributed by atoms with Crippen LogP contribution in [0.5, 0.6) is 17.2 Å². The fourth-order valence-corrected chi connectivity index (χ4v) is 2.17. The fraction of sp³-hybridized carbons (Fsp3) is 0.231. The number of halogens is 3. The van der Waals surface area contributed by atoms with Crippen LogP contribution in [-0.2, 0) is 6.42 Å². The monoisotopic (exact) mass is 332 g/mol. The molecule has 0 aliphatic carbocycles. The zero-order chi connectivity index (χ0) is 14.5. The molecule has 0 atom stereocenters. The average molecular weight is 334 g/mol. The zero-order valence-corrected chi connectivity index (χ0v) is 12.8. The van der Waals surface area contributed by atoms with Crippen LogP contribution in [0.15, 0.2) is 24.3 Å². The topological polar surface area (TPSA) is 44.2 Å². The molecule has 0 bridgehead atoms. The van der Waals surface area contributed by atoms with Crippen molar-refractivity contribution in [1.29, 1.82) is 0 Å². The largest absolute Gasteiger partial charge is 0.497 e. The van der Waals surface area contributed by atoms with E-state index in [1.54, 1.807) is 31.4 Å². The highest BCUT2D eigenvalue weighted by molar-refractivity contribution is 6.35. The minimum Gasteiger partial charge on any atom is -0.497 e. The van der Waals surface area contributed by atoms with Gasteiger partial charge in [-0.05, 0) is 12.1 Å². The zero-order valence-electron chi connectivity index (χ0n) is 10.6. The Balaban J connectivity index is 2.28. The van der Waals surface area contributed by atoms with E-state index in [1.807, 2.05) is 0 Å². The van der Waals surface area contributed by atoms with Gasteiger partial charge >= 0.3 is 0 Å². The summed E-state index contributed by atoms with van der Waals surface area (Å²) in [6.07, 6.45) is 0.487. The Morgan fingerprint density at radius 2 is 1.75 bits per heavy atom. The van der Waals surface area contributed by atoms with Gasteiger partial charge in [0.25, 0.3) is 0 Å². The van der Waals surface area contributed by atoms with Crippen LogP contribution in [0.25, 0.3) is 0 Å². The first-order valence-electron chi connectivity index (χ1n) is 5.74. The van der Waals surface area contributed by atoms with E-state index in [-0.39, 0.29) is 16.1 Å². The summed E-state index contributed by atoms with van der Waals surface area (Å²) in [5.41, 5.74) is 0. The maximum absolute atomic E-state index is 6.06. The van der Waals surface area contributed by atoms with Crippen molar-refractivity contribution in [2.75, 3.05) is 13.0 Å². The van der Waals surface area contributed by atoms with Crippen LogP contribution in [-0.4, -0.2) is 23.0 Å². The van der Waals surface area contributed by atoms with Crippen molar-refractivity contribution >= 4 is 34.8 Å². The number of aryl methyl sites for hydroxylation is 1. The highest BCUT2D eigenvalue weighted by atomic mass is 35.5. The van der Waals surface area contributed by atoms with Gasteiger partial charge in [0.1, 0.15) is 17.3 Å². The van der Waals surface area contributed by atoms with Crippen LogP contribution < -0.4 is 9.47 Å². The first kappa shape index (κ1) is 15.2. The van der Waals surface area contributed by atoms with Gasteiger partial charge in [0, 0.05) is 18.4 Å². The molecule has 0 amide bonds. The summed E-state index contributed by atoms with van der Waals surface area (Å²) >= 11 is 17.8. The normalized spacial score (nSPS) is 10.4. The number of nitrogens with zero attached hydrogens (tertiary/aromatic N) is 2. The molecule has 2 rings (SSSR count). The predicted molar refractivity (Wildman–Crippen MR) is 79.5 cm³/mol. The van der Waals surface area contributed by atoms with Crippen molar-refractivity contribution in [2.24, 2.45) is 0 Å². The number of aromatic nitrogens is 2. The highest BCUT2D eigenvalue weighted by Crippen LogP contribution is 2.34. The number of hydrogen-bond donors (Lipinski definition) is 0.